The van der Waals surface area contributed by atoms with Crippen molar-refractivity contribution in [1.82, 2.24) is 10.2 Å². The van der Waals surface area contributed by atoms with E-state index in [4.69, 9.17) is 0 Å². The summed E-state index contributed by atoms with van der Waals surface area (Å²) in [6.45, 7) is 12.9. The van der Waals surface area contributed by atoms with Gasteiger partial charge in [0, 0.05) is 25.7 Å². The van der Waals surface area contributed by atoms with E-state index in [1.807, 2.05) is 0 Å². The summed E-state index contributed by atoms with van der Waals surface area (Å²) in [5.41, 5.74) is 1.57. The maximum Gasteiger partial charge on any atom is 0.0156 e. The molecule has 3 aliphatic rings. The first-order chi connectivity index (χ1) is 8.63. The number of nitrogens with zero attached hydrogens (tertiary/aromatic N) is 1. The zero-order chi connectivity index (χ0) is 12.9. The molecule has 2 bridgehead atoms. The van der Waals surface area contributed by atoms with Crippen LogP contribution in [-0.4, -0.2) is 37.6 Å². The average Bonchev–Trinajstić information content (AvgIpc) is 2.93. The number of hydrogen-bond acceptors (Lipinski definition) is 2. The molecule has 5 unspecified atom stereocenters. The van der Waals surface area contributed by atoms with E-state index in [2.05, 4.69) is 37.7 Å². The molecule has 2 nitrogen and oxygen atoms in total. The SMILES string of the molecule is C=C1CC2CC1C1C2CN(CCNC)C1C(C)C. The Hall–Kier alpha value is -0.340. The minimum absolute atomic E-state index is 0.781. The predicted octanol–water partition coefficient (Wildman–Crippen LogP) is 2.37. The van der Waals surface area contributed by atoms with Crippen molar-refractivity contribution in [2.75, 3.05) is 26.7 Å². The summed E-state index contributed by atoms with van der Waals surface area (Å²) < 4.78 is 0. The molecule has 0 aromatic rings. The van der Waals surface area contributed by atoms with Crippen LogP contribution in [0.1, 0.15) is 26.7 Å². The Labute approximate surface area is 112 Å². The molecule has 0 aromatic heterocycles. The quantitative estimate of drug-likeness (QED) is 0.769. The number of hydrogen-bond donors (Lipinski definition) is 1. The fraction of sp³-hybridized carbons (Fsp3) is 0.875. The van der Waals surface area contributed by atoms with Crippen LogP contribution in [0.15, 0.2) is 12.2 Å². The van der Waals surface area contributed by atoms with Crippen LogP contribution in [0.3, 0.4) is 0 Å². The summed E-state index contributed by atoms with van der Waals surface area (Å²) in [5.74, 6) is 4.50. The van der Waals surface area contributed by atoms with E-state index in [-0.39, 0.29) is 0 Å². The lowest BCUT2D eigenvalue weighted by Gasteiger charge is -2.35. The Bertz CT molecular complexity index is 336. The highest BCUT2D eigenvalue weighted by molar-refractivity contribution is 5.22. The highest BCUT2D eigenvalue weighted by atomic mass is 15.2. The summed E-state index contributed by atoms with van der Waals surface area (Å²) in [6, 6.07) is 0.801. The number of nitrogens with one attached hydrogen (secondary N) is 1. The topological polar surface area (TPSA) is 15.3 Å². The highest BCUT2D eigenvalue weighted by Gasteiger charge is 2.57. The van der Waals surface area contributed by atoms with Gasteiger partial charge < -0.3 is 5.32 Å². The first-order valence-electron chi connectivity index (χ1n) is 7.69. The van der Waals surface area contributed by atoms with Gasteiger partial charge in [0.1, 0.15) is 0 Å². The molecule has 1 saturated heterocycles. The molecule has 0 radical (unpaired) electrons. The molecule has 1 N–H and O–H groups in total. The molecule has 2 aliphatic carbocycles. The summed E-state index contributed by atoms with van der Waals surface area (Å²) in [6.07, 6.45) is 2.79. The van der Waals surface area contributed by atoms with Gasteiger partial charge in [0.2, 0.25) is 0 Å². The molecule has 18 heavy (non-hydrogen) atoms. The van der Waals surface area contributed by atoms with Gasteiger partial charge in [-0.15, -0.1) is 0 Å². The normalized spacial score (nSPS) is 43.1. The van der Waals surface area contributed by atoms with Crippen molar-refractivity contribution in [3.05, 3.63) is 12.2 Å². The first kappa shape index (κ1) is 12.7. The van der Waals surface area contributed by atoms with Crippen molar-refractivity contribution in [2.45, 2.75) is 32.7 Å². The van der Waals surface area contributed by atoms with Gasteiger partial charge in [-0.05, 0) is 49.5 Å². The molecule has 3 rings (SSSR count). The van der Waals surface area contributed by atoms with Gasteiger partial charge in [0.25, 0.3) is 0 Å². The number of likely N-dealkylation sites (tertiary alicyclic amines) is 1. The number of likely N-dealkylation sites (N-methyl/N-ethyl adjacent to an activating group) is 1. The molecule has 2 saturated carbocycles. The minimum atomic E-state index is 0.781. The van der Waals surface area contributed by atoms with E-state index in [0.717, 1.165) is 42.2 Å². The van der Waals surface area contributed by atoms with Crippen molar-refractivity contribution < 1.29 is 0 Å². The molecule has 0 amide bonds. The third-order valence-corrected chi connectivity index (χ3v) is 5.76. The average molecular weight is 248 g/mol. The zero-order valence-electron chi connectivity index (χ0n) is 12.2. The monoisotopic (exact) mass is 248 g/mol. The number of fused-ring (bicyclic) bond motifs is 5. The van der Waals surface area contributed by atoms with Crippen LogP contribution < -0.4 is 5.32 Å². The maximum absolute atomic E-state index is 4.35. The molecule has 102 valence electrons. The van der Waals surface area contributed by atoms with Crippen LogP contribution in [-0.2, 0) is 0 Å². The van der Waals surface area contributed by atoms with Gasteiger partial charge in [-0.1, -0.05) is 26.0 Å². The third kappa shape index (κ3) is 1.77. The van der Waals surface area contributed by atoms with E-state index >= 15 is 0 Å². The second-order valence-electron chi connectivity index (χ2n) is 7.04. The van der Waals surface area contributed by atoms with Crippen LogP contribution in [0.25, 0.3) is 0 Å². The van der Waals surface area contributed by atoms with Crippen molar-refractivity contribution in [2.24, 2.45) is 29.6 Å². The predicted molar refractivity (Wildman–Crippen MR) is 76.5 cm³/mol. The van der Waals surface area contributed by atoms with E-state index < -0.39 is 0 Å². The van der Waals surface area contributed by atoms with Gasteiger partial charge in [-0.2, -0.15) is 0 Å². The van der Waals surface area contributed by atoms with Crippen molar-refractivity contribution >= 4 is 0 Å². The largest absolute Gasteiger partial charge is 0.318 e. The molecule has 5 atom stereocenters. The summed E-state index contributed by atoms with van der Waals surface area (Å²) in [4.78, 5) is 2.77. The molecule has 2 heteroatoms. The van der Waals surface area contributed by atoms with E-state index in [1.165, 1.54) is 25.9 Å². The van der Waals surface area contributed by atoms with Gasteiger partial charge in [0.05, 0.1) is 0 Å². The zero-order valence-corrected chi connectivity index (χ0v) is 12.2. The van der Waals surface area contributed by atoms with Gasteiger partial charge in [0.15, 0.2) is 0 Å². The van der Waals surface area contributed by atoms with E-state index in [9.17, 15) is 0 Å². The Morgan fingerprint density at radius 1 is 1.44 bits per heavy atom. The Morgan fingerprint density at radius 3 is 2.89 bits per heavy atom. The lowest BCUT2D eigenvalue weighted by atomic mass is 9.74. The van der Waals surface area contributed by atoms with Crippen molar-refractivity contribution in [1.29, 1.82) is 0 Å². The molecular weight excluding hydrogens is 220 g/mol. The van der Waals surface area contributed by atoms with Gasteiger partial charge >= 0.3 is 0 Å². The first-order valence-corrected chi connectivity index (χ1v) is 7.69. The molecule has 0 aromatic carbocycles. The number of allylic oxidation sites excluding steroid dienone is 1. The second kappa shape index (κ2) is 4.64. The Kier molecular flexibility index (Phi) is 3.27. The fourth-order valence-electron chi connectivity index (χ4n) is 5.19. The van der Waals surface area contributed by atoms with E-state index in [1.54, 1.807) is 5.57 Å². The molecule has 0 spiro atoms. The van der Waals surface area contributed by atoms with Crippen molar-refractivity contribution in [3.8, 4) is 0 Å². The lowest BCUT2D eigenvalue weighted by Crippen LogP contribution is -2.41. The summed E-state index contributed by atoms with van der Waals surface area (Å²) in [5, 5.41) is 3.31. The Morgan fingerprint density at radius 2 is 2.22 bits per heavy atom. The van der Waals surface area contributed by atoms with Gasteiger partial charge in [-0.3, -0.25) is 4.90 Å². The van der Waals surface area contributed by atoms with Crippen molar-refractivity contribution in [3.63, 3.8) is 0 Å². The van der Waals surface area contributed by atoms with Crippen LogP contribution in [0, 0.1) is 29.6 Å². The van der Waals surface area contributed by atoms with Crippen LogP contribution >= 0.6 is 0 Å². The van der Waals surface area contributed by atoms with Crippen LogP contribution in [0.5, 0.6) is 0 Å². The number of rotatable bonds is 4. The van der Waals surface area contributed by atoms with E-state index in [0.29, 0.717) is 0 Å². The fourth-order valence-corrected chi connectivity index (χ4v) is 5.19. The Balaban J connectivity index is 1.79. The molecule has 1 heterocycles. The molecule has 3 fully saturated rings. The van der Waals surface area contributed by atoms with Gasteiger partial charge in [-0.25, -0.2) is 0 Å². The van der Waals surface area contributed by atoms with Crippen LogP contribution in [0.4, 0.5) is 0 Å². The minimum Gasteiger partial charge on any atom is -0.318 e. The summed E-state index contributed by atoms with van der Waals surface area (Å²) in [7, 11) is 2.06. The van der Waals surface area contributed by atoms with Crippen LogP contribution in [0.2, 0.25) is 0 Å². The highest BCUT2D eigenvalue weighted by Crippen LogP contribution is 2.59. The summed E-state index contributed by atoms with van der Waals surface area (Å²) >= 11 is 0. The molecule has 1 aliphatic heterocycles. The second-order valence-corrected chi connectivity index (χ2v) is 7.04. The molecular formula is C16H28N2. The third-order valence-electron chi connectivity index (χ3n) is 5.76. The maximum atomic E-state index is 4.35. The lowest BCUT2D eigenvalue weighted by molar-refractivity contribution is 0.159. The standard InChI is InChI=1S/C16H28N2/c1-10(2)16-15-13-8-12(7-11(13)3)14(15)9-18(16)6-5-17-4/h10,12-17H,3,5-9H2,1-2,4H3. The smallest absolute Gasteiger partial charge is 0.0156 e.